The van der Waals surface area contributed by atoms with Crippen molar-refractivity contribution in [3.8, 4) is 11.4 Å². The van der Waals surface area contributed by atoms with Crippen molar-refractivity contribution in [2.75, 3.05) is 39.8 Å². The molecule has 1 atom stereocenters. The summed E-state index contributed by atoms with van der Waals surface area (Å²) >= 11 is 0. The molecule has 1 unspecified atom stereocenters. The average Bonchev–Trinajstić information content (AvgIpc) is 3.77. The molecule has 13 heteroatoms. The number of aromatic nitrogens is 5. The van der Waals surface area contributed by atoms with E-state index < -0.39 is 22.5 Å². The van der Waals surface area contributed by atoms with E-state index in [4.69, 9.17) is 10.5 Å². The molecule has 2 amide bonds. The molecule has 0 aliphatic carbocycles. The highest BCUT2D eigenvalue weighted by Gasteiger charge is 2.44. The Morgan fingerprint density at radius 3 is 2.40 bits per heavy atom. The number of nitrogens with zero attached hydrogens (tertiary/aromatic N) is 7. The van der Waals surface area contributed by atoms with Crippen molar-refractivity contribution in [2.24, 2.45) is 5.73 Å². The Balaban J connectivity index is 1.23. The highest BCUT2D eigenvalue weighted by atomic mass is 19.2. The van der Waals surface area contributed by atoms with Gasteiger partial charge >= 0.3 is 0 Å². The lowest BCUT2D eigenvalue weighted by Crippen LogP contribution is -2.50. The molecule has 2 aromatic carbocycles. The van der Waals surface area contributed by atoms with Crippen LogP contribution in [0, 0.1) is 11.6 Å². The third kappa shape index (κ3) is 5.75. The fourth-order valence-corrected chi connectivity index (χ4v) is 6.79. The van der Waals surface area contributed by atoms with Gasteiger partial charge in [-0.3, -0.25) is 14.6 Å². The molecular weight excluding hydrogens is 582 g/mol. The molecule has 45 heavy (non-hydrogen) atoms. The summed E-state index contributed by atoms with van der Waals surface area (Å²) in [5, 5.41) is 11.3. The van der Waals surface area contributed by atoms with Gasteiger partial charge in [-0.25, -0.2) is 13.5 Å². The van der Waals surface area contributed by atoms with Gasteiger partial charge in [-0.05, 0) is 109 Å². The fourth-order valence-electron chi connectivity index (χ4n) is 6.79. The molecule has 2 aromatic heterocycles. The normalized spacial score (nSPS) is 19.8. The first-order valence-corrected chi connectivity index (χ1v) is 14.8. The minimum absolute atomic E-state index is 0.243. The second-order valence-electron chi connectivity index (χ2n) is 11.8. The zero-order valence-electron chi connectivity index (χ0n) is 24.9. The zero-order valence-corrected chi connectivity index (χ0v) is 24.9. The minimum Gasteiger partial charge on any atom is -0.496 e. The van der Waals surface area contributed by atoms with Gasteiger partial charge in [-0.1, -0.05) is 6.07 Å². The number of primary amides is 1. The summed E-state index contributed by atoms with van der Waals surface area (Å²) in [4.78, 5) is 34.7. The summed E-state index contributed by atoms with van der Waals surface area (Å²) in [6.45, 7) is 2.66. The molecule has 0 bridgehead atoms. The molecule has 2 fully saturated rings. The number of carbonyl (C=O) groups is 2. The van der Waals surface area contributed by atoms with Crippen LogP contribution in [0.25, 0.3) is 5.69 Å². The van der Waals surface area contributed by atoms with Crippen molar-refractivity contribution in [2.45, 2.75) is 36.5 Å². The Morgan fingerprint density at radius 1 is 0.956 bits per heavy atom. The smallest absolute Gasteiger partial charge is 0.257 e. The van der Waals surface area contributed by atoms with Gasteiger partial charge in [0.15, 0.2) is 11.6 Å². The molecule has 11 nitrogen and oxygen atoms in total. The van der Waals surface area contributed by atoms with Crippen LogP contribution in [0.1, 0.15) is 47.2 Å². The zero-order chi connectivity index (χ0) is 31.6. The topological polar surface area (TPSA) is 132 Å². The lowest BCUT2D eigenvalue weighted by molar-refractivity contribution is -0.125. The van der Waals surface area contributed by atoms with Crippen LogP contribution in [-0.2, 0) is 15.6 Å². The summed E-state index contributed by atoms with van der Waals surface area (Å²) in [7, 11) is 1.50. The van der Waals surface area contributed by atoms with E-state index in [2.05, 4.69) is 25.4 Å². The lowest BCUT2D eigenvalue weighted by Gasteiger charge is -2.41. The van der Waals surface area contributed by atoms with E-state index in [9.17, 15) is 18.4 Å². The average molecular weight is 617 g/mol. The van der Waals surface area contributed by atoms with Crippen LogP contribution in [0.3, 0.4) is 0 Å². The number of carbonyl (C=O) groups excluding carboxylic acids is 2. The molecule has 2 aliphatic heterocycles. The number of ether oxygens (including phenoxy) is 1. The van der Waals surface area contributed by atoms with Gasteiger partial charge in [0, 0.05) is 30.9 Å². The standard InChI is InChI=1S/C32H34F2N8O3/c1-45-28-5-3-24(42-21-37-38-39-42)19-25(28)29(43)41-17-9-31(20-41,23-2-4-26(33)27(34)18-23)8-14-40-15-10-32(11-16-40,30(35)44)22-6-12-36-13-7-22/h2-7,12-13,18-19,21H,8-11,14-17,20H2,1H3,(H2,35,44). The Bertz CT molecular complexity index is 1680. The first-order chi connectivity index (χ1) is 21.7. The highest BCUT2D eigenvalue weighted by molar-refractivity contribution is 5.98. The minimum atomic E-state index is -0.922. The van der Waals surface area contributed by atoms with E-state index in [1.807, 2.05) is 12.1 Å². The fraction of sp³-hybridized carbons (Fsp3) is 0.375. The van der Waals surface area contributed by atoms with E-state index in [-0.39, 0.29) is 11.8 Å². The van der Waals surface area contributed by atoms with Gasteiger partial charge in [-0.15, -0.1) is 5.10 Å². The van der Waals surface area contributed by atoms with Gasteiger partial charge in [0.2, 0.25) is 5.91 Å². The van der Waals surface area contributed by atoms with E-state index in [1.165, 1.54) is 24.2 Å². The molecule has 6 rings (SSSR count). The third-order valence-electron chi connectivity index (χ3n) is 9.52. The number of nitrogens with two attached hydrogens (primary N) is 1. The van der Waals surface area contributed by atoms with Crippen LogP contribution in [0.2, 0.25) is 0 Å². The van der Waals surface area contributed by atoms with Gasteiger partial charge < -0.3 is 20.3 Å². The molecular formula is C32H34F2N8O3. The SMILES string of the molecule is COc1ccc(-n2cnnn2)cc1C(=O)N1CCC(CCN2CCC(C(N)=O)(c3ccncc3)CC2)(c2ccc(F)c(F)c2)C1. The first kappa shape index (κ1) is 30.3. The number of piperidine rings is 1. The summed E-state index contributed by atoms with van der Waals surface area (Å²) in [6, 6.07) is 12.8. The van der Waals surface area contributed by atoms with Crippen molar-refractivity contribution in [3.05, 3.63) is 95.6 Å². The number of amides is 2. The number of tetrazole rings is 1. The van der Waals surface area contributed by atoms with Crippen LogP contribution >= 0.6 is 0 Å². The maximum atomic E-state index is 14.6. The van der Waals surface area contributed by atoms with Crippen LogP contribution in [0.5, 0.6) is 5.75 Å². The van der Waals surface area contributed by atoms with E-state index in [0.29, 0.717) is 81.0 Å². The maximum absolute atomic E-state index is 14.6. The second kappa shape index (κ2) is 12.3. The van der Waals surface area contributed by atoms with Crippen LogP contribution < -0.4 is 10.5 Å². The van der Waals surface area contributed by atoms with Gasteiger partial charge in [0.1, 0.15) is 12.1 Å². The number of benzene rings is 2. The number of halogens is 2. The Morgan fingerprint density at radius 2 is 1.73 bits per heavy atom. The van der Waals surface area contributed by atoms with Gasteiger partial charge in [-0.2, -0.15) is 0 Å². The number of rotatable bonds is 9. The van der Waals surface area contributed by atoms with Crippen molar-refractivity contribution in [3.63, 3.8) is 0 Å². The predicted octanol–water partition coefficient (Wildman–Crippen LogP) is 3.04. The highest BCUT2D eigenvalue weighted by Crippen LogP contribution is 2.41. The third-order valence-corrected chi connectivity index (χ3v) is 9.52. The quantitative estimate of drug-likeness (QED) is 0.304. The number of hydrogen-bond acceptors (Lipinski definition) is 8. The lowest BCUT2D eigenvalue weighted by atomic mass is 9.72. The molecule has 4 heterocycles. The molecule has 2 N–H and O–H groups in total. The molecule has 0 radical (unpaired) electrons. The van der Waals surface area contributed by atoms with Gasteiger partial charge in [0.25, 0.3) is 5.91 Å². The molecule has 0 saturated carbocycles. The summed E-state index contributed by atoms with van der Waals surface area (Å²) < 4.78 is 35.5. The van der Waals surface area contributed by atoms with Crippen molar-refractivity contribution in [1.29, 1.82) is 0 Å². The predicted molar refractivity (Wildman–Crippen MR) is 160 cm³/mol. The summed E-state index contributed by atoms with van der Waals surface area (Å²) in [5.41, 5.74) is 7.00. The number of pyridine rings is 1. The molecule has 2 saturated heterocycles. The van der Waals surface area contributed by atoms with E-state index >= 15 is 0 Å². The number of hydrogen-bond donors (Lipinski definition) is 1. The largest absolute Gasteiger partial charge is 0.496 e. The van der Waals surface area contributed by atoms with Crippen LogP contribution in [0.15, 0.2) is 67.3 Å². The van der Waals surface area contributed by atoms with E-state index in [0.717, 1.165) is 11.6 Å². The molecule has 4 aromatic rings. The number of methoxy groups -OCH3 is 1. The summed E-state index contributed by atoms with van der Waals surface area (Å²) in [6.07, 6.45) is 7.06. The van der Waals surface area contributed by atoms with Crippen LogP contribution in [0.4, 0.5) is 8.78 Å². The Kier molecular flexibility index (Phi) is 8.28. The molecule has 2 aliphatic rings. The monoisotopic (exact) mass is 616 g/mol. The van der Waals surface area contributed by atoms with Crippen molar-refractivity contribution in [1.82, 2.24) is 35.0 Å². The van der Waals surface area contributed by atoms with Crippen molar-refractivity contribution >= 4 is 11.8 Å². The van der Waals surface area contributed by atoms with E-state index in [1.54, 1.807) is 41.6 Å². The molecule has 0 spiro atoms. The van der Waals surface area contributed by atoms with Crippen LogP contribution in [-0.4, -0.2) is 86.6 Å². The maximum Gasteiger partial charge on any atom is 0.257 e. The Labute approximate surface area is 259 Å². The second-order valence-corrected chi connectivity index (χ2v) is 11.8. The van der Waals surface area contributed by atoms with Crippen molar-refractivity contribution < 1.29 is 23.1 Å². The molecule has 234 valence electrons. The Hall–Kier alpha value is -4.78. The first-order valence-electron chi connectivity index (χ1n) is 14.8. The summed E-state index contributed by atoms with van der Waals surface area (Å²) in [5.74, 6) is -2.03. The van der Waals surface area contributed by atoms with Gasteiger partial charge in [0.05, 0.1) is 23.8 Å². The number of likely N-dealkylation sites (tertiary alicyclic amines) is 2.